The fourth-order valence-corrected chi connectivity index (χ4v) is 9.23. The maximum absolute atomic E-state index is 6.58. The van der Waals surface area contributed by atoms with Gasteiger partial charge in [-0.1, -0.05) is 114 Å². The largest absolute Gasteiger partial charge is 0.485 e. The number of benzene rings is 6. The molecule has 0 saturated carbocycles. The number of hydrogen-bond donors (Lipinski definition) is 0. The van der Waals surface area contributed by atoms with Crippen LogP contribution >= 0.6 is 11.3 Å². The Labute approximate surface area is 280 Å². The Kier molecular flexibility index (Phi) is 5.35. The van der Waals surface area contributed by atoms with Crippen LogP contribution in [0.2, 0.25) is 0 Å². The summed E-state index contributed by atoms with van der Waals surface area (Å²) in [5.74, 6) is 1.09. The summed E-state index contributed by atoms with van der Waals surface area (Å²) in [6.45, 7) is 0. The molecule has 48 heavy (non-hydrogen) atoms. The zero-order chi connectivity index (χ0) is 31.3. The van der Waals surface area contributed by atoms with Crippen molar-refractivity contribution in [3.8, 4) is 27.7 Å². The highest BCUT2D eigenvalue weighted by molar-refractivity contribution is 7.14. The van der Waals surface area contributed by atoms with Crippen molar-refractivity contribution in [2.75, 3.05) is 0 Å². The summed E-state index contributed by atoms with van der Waals surface area (Å²) in [4.78, 5) is 6.57. The number of aromatic nitrogens is 3. The van der Waals surface area contributed by atoms with E-state index in [2.05, 4.69) is 161 Å². The van der Waals surface area contributed by atoms with Gasteiger partial charge in [0.1, 0.15) is 11.9 Å². The fourth-order valence-electron chi connectivity index (χ4n) is 8.00. The van der Waals surface area contributed by atoms with E-state index in [4.69, 9.17) is 9.72 Å². The summed E-state index contributed by atoms with van der Waals surface area (Å²) in [7, 11) is 0. The molecule has 0 spiro atoms. The van der Waals surface area contributed by atoms with E-state index in [0.29, 0.717) is 0 Å². The van der Waals surface area contributed by atoms with E-state index >= 15 is 0 Å². The summed E-state index contributed by atoms with van der Waals surface area (Å²) < 4.78 is 11.3. The van der Waals surface area contributed by atoms with Crippen LogP contribution in [-0.4, -0.2) is 20.2 Å². The lowest BCUT2D eigenvalue weighted by Gasteiger charge is -2.18. The van der Waals surface area contributed by atoms with Crippen LogP contribution in [0.25, 0.3) is 71.6 Å². The molecule has 2 unspecified atom stereocenters. The number of hydrogen-bond acceptors (Lipinski definition) is 3. The second-order valence-corrected chi connectivity index (χ2v) is 13.7. The van der Waals surface area contributed by atoms with Crippen LogP contribution in [0.4, 0.5) is 0 Å². The Balaban J connectivity index is 1.09. The molecule has 4 nitrogen and oxygen atoms in total. The van der Waals surface area contributed by atoms with Gasteiger partial charge in [-0.3, -0.25) is 4.57 Å². The molecule has 6 aromatic carbocycles. The van der Waals surface area contributed by atoms with Gasteiger partial charge in [0.2, 0.25) is 0 Å². The van der Waals surface area contributed by atoms with E-state index < -0.39 is 0 Å². The van der Waals surface area contributed by atoms with Gasteiger partial charge in [-0.05, 0) is 59.7 Å². The second-order valence-electron chi connectivity index (χ2n) is 12.7. The molecule has 1 aliphatic carbocycles. The molecule has 5 heteroatoms. The third-order valence-electron chi connectivity index (χ3n) is 10.1. The molecule has 3 aromatic heterocycles. The monoisotopic (exact) mass is 633 g/mol. The number of fused-ring (bicyclic) bond motifs is 11. The van der Waals surface area contributed by atoms with E-state index in [1.807, 2.05) is 0 Å². The van der Waals surface area contributed by atoms with Crippen LogP contribution < -0.4 is 4.74 Å². The number of ether oxygens (including phenoxy) is 1. The Bertz CT molecular complexity index is 2730. The summed E-state index contributed by atoms with van der Waals surface area (Å²) in [6.07, 6.45) is 4.30. The Morgan fingerprint density at radius 2 is 1.21 bits per heavy atom. The maximum atomic E-state index is 6.58. The third-order valence-corrected chi connectivity index (χ3v) is 11.3. The van der Waals surface area contributed by atoms with Gasteiger partial charge >= 0.3 is 0 Å². The molecule has 9 aromatic rings. The van der Waals surface area contributed by atoms with Gasteiger partial charge in [-0.25, -0.2) is 4.98 Å². The van der Waals surface area contributed by atoms with Crippen molar-refractivity contribution in [3.63, 3.8) is 0 Å². The molecule has 0 radical (unpaired) electrons. The molecule has 4 heterocycles. The van der Waals surface area contributed by atoms with Crippen molar-refractivity contribution in [3.05, 3.63) is 162 Å². The molecule has 0 bridgehead atoms. The summed E-state index contributed by atoms with van der Waals surface area (Å²) in [5, 5.41) is 5.95. The highest BCUT2D eigenvalue weighted by Crippen LogP contribution is 2.50. The first-order valence-electron chi connectivity index (χ1n) is 16.4. The normalized spacial score (nSPS) is 16.4. The van der Waals surface area contributed by atoms with Gasteiger partial charge in [0.25, 0.3) is 0 Å². The zero-order valence-electron chi connectivity index (χ0n) is 25.7. The van der Waals surface area contributed by atoms with Crippen LogP contribution in [0, 0.1) is 0 Å². The Morgan fingerprint density at radius 1 is 0.562 bits per heavy atom. The standard InChI is InChI=1S/C43H27N3OS/c1-2-10-26(11-3-1)27-18-20-33-40(24-27)47-39-23-22-34-42(41(33)39)48-43(44-34)46-37-17-9-6-14-31(37)32-21-19-28(25-38(32)46)45-35-15-7-4-12-29(35)30-13-5-8-16-36(30)45/h1-25,39,41H. The number of rotatable bonds is 3. The molecular weight excluding hydrogens is 607 g/mol. The molecule has 0 saturated heterocycles. The lowest BCUT2D eigenvalue weighted by molar-refractivity contribution is 0.268. The average molecular weight is 634 g/mol. The summed E-state index contributed by atoms with van der Waals surface area (Å²) in [5.41, 5.74) is 10.5. The van der Waals surface area contributed by atoms with Crippen molar-refractivity contribution in [1.29, 1.82) is 0 Å². The number of nitrogens with zero attached hydrogens (tertiary/aromatic N) is 3. The highest BCUT2D eigenvalue weighted by atomic mass is 32.1. The topological polar surface area (TPSA) is 32.0 Å². The first kappa shape index (κ1) is 26.2. The van der Waals surface area contributed by atoms with Gasteiger partial charge in [-0.15, -0.1) is 0 Å². The van der Waals surface area contributed by atoms with Crippen molar-refractivity contribution in [1.82, 2.24) is 14.1 Å². The molecule has 1 aliphatic heterocycles. The average Bonchev–Trinajstić information content (AvgIpc) is 3.90. The fraction of sp³-hybridized carbons (Fsp3) is 0.0465. The zero-order valence-corrected chi connectivity index (χ0v) is 26.6. The lowest BCUT2D eigenvalue weighted by Crippen LogP contribution is -2.19. The highest BCUT2D eigenvalue weighted by Gasteiger charge is 2.39. The molecule has 0 amide bonds. The number of thiazole rings is 1. The van der Waals surface area contributed by atoms with Crippen LogP contribution in [0.15, 0.2) is 146 Å². The van der Waals surface area contributed by atoms with E-state index in [1.54, 1.807) is 11.3 Å². The Morgan fingerprint density at radius 3 is 1.94 bits per heavy atom. The van der Waals surface area contributed by atoms with E-state index in [-0.39, 0.29) is 12.0 Å². The summed E-state index contributed by atoms with van der Waals surface area (Å²) >= 11 is 1.79. The quantitative estimate of drug-likeness (QED) is 0.194. The molecule has 2 aliphatic rings. The van der Waals surface area contributed by atoms with Gasteiger partial charge in [0.05, 0.1) is 33.7 Å². The van der Waals surface area contributed by atoms with E-state index in [0.717, 1.165) is 33.3 Å². The van der Waals surface area contributed by atoms with Gasteiger partial charge in [0.15, 0.2) is 5.13 Å². The van der Waals surface area contributed by atoms with Gasteiger partial charge in [-0.2, -0.15) is 0 Å². The lowest BCUT2D eigenvalue weighted by atomic mass is 9.88. The molecular formula is C43H27N3OS. The first-order chi connectivity index (χ1) is 23.8. The Hall–Kier alpha value is -5.91. The minimum absolute atomic E-state index is 0.0353. The summed E-state index contributed by atoms with van der Waals surface area (Å²) in [6, 6.07) is 50.1. The molecule has 0 fully saturated rings. The third kappa shape index (κ3) is 3.62. The first-order valence-corrected chi connectivity index (χ1v) is 17.2. The SMILES string of the molecule is C1=CC2Oc3cc(-c4ccccc4)ccc3C2c2sc(-n3c4ccccc4c4ccc(-n5c6ccccc6c6ccccc65)cc43)nc21. The van der Waals surface area contributed by atoms with Crippen molar-refractivity contribution >= 4 is 61.0 Å². The van der Waals surface area contributed by atoms with Crippen molar-refractivity contribution in [2.45, 2.75) is 12.0 Å². The molecule has 11 rings (SSSR count). The van der Waals surface area contributed by atoms with Crippen molar-refractivity contribution in [2.24, 2.45) is 0 Å². The van der Waals surface area contributed by atoms with Crippen LogP contribution in [0.3, 0.4) is 0 Å². The predicted octanol–water partition coefficient (Wildman–Crippen LogP) is 10.9. The van der Waals surface area contributed by atoms with Crippen LogP contribution in [-0.2, 0) is 0 Å². The smallest absolute Gasteiger partial charge is 0.195 e. The van der Waals surface area contributed by atoms with E-state index in [9.17, 15) is 0 Å². The molecule has 226 valence electrons. The maximum Gasteiger partial charge on any atom is 0.195 e. The van der Waals surface area contributed by atoms with Gasteiger partial charge < -0.3 is 9.30 Å². The van der Waals surface area contributed by atoms with Crippen LogP contribution in [0.5, 0.6) is 5.75 Å². The molecule has 0 N–H and O–H groups in total. The van der Waals surface area contributed by atoms with E-state index in [1.165, 1.54) is 54.1 Å². The van der Waals surface area contributed by atoms with Gasteiger partial charge in [0, 0.05) is 37.7 Å². The van der Waals surface area contributed by atoms with Crippen LogP contribution in [0.1, 0.15) is 22.1 Å². The minimum atomic E-state index is -0.0353. The minimum Gasteiger partial charge on any atom is -0.485 e. The second kappa shape index (κ2) is 9.80. The molecule has 2 atom stereocenters. The number of para-hydroxylation sites is 3. The van der Waals surface area contributed by atoms with Crippen molar-refractivity contribution < 1.29 is 4.74 Å². The predicted molar refractivity (Wildman–Crippen MR) is 198 cm³/mol.